The number of amides is 1. The fourth-order valence-corrected chi connectivity index (χ4v) is 3.69. The molecule has 0 N–H and O–H groups in total. The van der Waals surface area contributed by atoms with E-state index in [1.54, 1.807) is 35.3 Å². The third kappa shape index (κ3) is 3.74. The molecule has 0 spiro atoms. The topological polar surface area (TPSA) is 63.5 Å². The minimum atomic E-state index is -0.440. The number of carbonyl (C=O) groups excluding carboxylic acids is 1. The van der Waals surface area contributed by atoms with E-state index in [-0.39, 0.29) is 11.6 Å². The maximum atomic E-state index is 12.7. The van der Waals surface area contributed by atoms with E-state index in [1.807, 2.05) is 31.2 Å². The monoisotopic (exact) mass is 382 g/mol. The molecule has 1 heterocycles. The van der Waals surface area contributed by atoms with Crippen molar-refractivity contribution in [2.45, 2.75) is 6.92 Å². The highest BCUT2D eigenvalue weighted by Crippen LogP contribution is 2.36. The normalized spacial score (nSPS) is 16.0. The molecule has 5 nitrogen and oxygen atoms in total. The Hall–Kier alpha value is -2.77. The number of rotatable bonds is 4. The second-order valence-electron chi connectivity index (χ2n) is 5.53. The number of nitrogens with zero attached hydrogens (tertiary/aromatic N) is 2. The van der Waals surface area contributed by atoms with Gasteiger partial charge in [0.15, 0.2) is 4.32 Å². The number of aryl methyl sites for hydroxylation is 1. The largest absolute Gasteiger partial charge is 0.270 e. The summed E-state index contributed by atoms with van der Waals surface area (Å²) < 4.78 is 0.499. The summed E-state index contributed by atoms with van der Waals surface area (Å²) in [5.41, 5.74) is 2.62. The molecule has 0 radical (unpaired) electrons. The summed E-state index contributed by atoms with van der Waals surface area (Å²) in [6.45, 7) is 1.94. The first-order valence-electron chi connectivity index (χ1n) is 7.72. The van der Waals surface area contributed by atoms with E-state index in [1.165, 1.54) is 23.9 Å². The Morgan fingerprint density at radius 1 is 1.15 bits per heavy atom. The highest BCUT2D eigenvalue weighted by atomic mass is 32.2. The second-order valence-corrected chi connectivity index (χ2v) is 7.21. The highest BCUT2D eigenvalue weighted by molar-refractivity contribution is 8.27. The number of thioether (sulfide) groups is 1. The van der Waals surface area contributed by atoms with E-state index in [2.05, 4.69) is 0 Å². The van der Waals surface area contributed by atoms with Gasteiger partial charge in [-0.15, -0.1) is 0 Å². The van der Waals surface area contributed by atoms with Crippen LogP contribution in [0.2, 0.25) is 0 Å². The first kappa shape index (κ1) is 18.0. The molecule has 1 fully saturated rings. The average Bonchev–Trinajstić information content (AvgIpc) is 2.90. The molecule has 0 aliphatic carbocycles. The van der Waals surface area contributed by atoms with Crippen LogP contribution in [0.5, 0.6) is 0 Å². The second kappa shape index (κ2) is 7.63. The number of anilines is 1. The van der Waals surface area contributed by atoms with Crippen LogP contribution in [0.25, 0.3) is 6.08 Å². The number of nitro benzene ring substituents is 1. The van der Waals surface area contributed by atoms with E-state index in [0.29, 0.717) is 9.23 Å². The molecule has 0 aromatic heterocycles. The number of hydrogen-bond acceptors (Lipinski definition) is 5. The molecular formula is C19H14N2O3S2. The fraction of sp³-hybridized carbons (Fsp3) is 0.0526. The first-order chi connectivity index (χ1) is 12.5. The Kier molecular flexibility index (Phi) is 5.29. The zero-order chi connectivity index (χ0) is 18.7. The molecule has 2 aromatic rings. The molecule has 3 rings (SSSR count). The molecule has 130 valence electrons. The number of carbonyl (C=O) groups is 1. The lowest BCUT2D eigenvalue weighted by Gasteiger charge is -2.16. The lowest BCUT2D eigenvalue weighted by atomic mass is 10.2. The van der Waals surface area contributed by atoms with Gasteiger partial charge in [0.05, 0.1) is 15.5 Å². The summed E-state index contributed by atoms with van der Waals surface area (Å²) >= 11 is 6.61. The number of benzene rings is 2. The van der Waals surface area contributed by atoms with Crippen LogP contribution < -0.4 is 4.90 Å². The van der Waals surface area contributed by atoms with Crippen LogP contribution in [-0.2, 0) is 4.79 Å². The highest BCUT2D eigenvalue weighted by Gasteiger charge is 2.33. The maximum Gasteiger partial charge on any atom is 0.270 e. The Balaban J connectivity index is 1.78. The third-order valence-corrected chi connectivity index (χ3v) is 5.11. The van der Waals surface area contributed by atoms with Gasteiger partial charge in [0.2, 0.25) is 0 Å². The zero-order valence-electron chi connectivity index (χ0n) is 13.8. The Morgan fingerprint density at radius 3 is 2.50 bits per heavy atom. The van der Waals surface area contributed by atoms with E-state index in [4.69, 9.17) is 12.2 Å². The lowest BCUT2D eigenvalue weighted by Crippen LogP contribution is -2.28. The third-order valence-electron chi connectivity index (χ3n) is 3.79. The lowest BCUT2D eigenvalue weighted by molar-refractivity contribution is -0.384. The maximum absolute atomic E-state index is 12.7. The number of nitro groups is 1. The van der Waals surface area contributed by atoms with Crippen LogP contribution in [0.4, 0.5) is 11.4 Å². The average molecular weight is 382 g/mol. The predicted molar refractivity (Wildman–Crippen MR) is 109 cm³/mol. The Morgan fingerprint density at radius 2 is 1.85 bits per heavy atom. The molecule has 7 heteroatoms. The smallest absolute Gasteiger partial charge is 0.268 e. The fourth-order valence-electron chi connectivity index (χ4n) is 2.46. The quantitative estimate of drug-likeness (QED) is 0.327. The van der Waals surface area contributed by atoms with Crippen molar-refractivity contribution in [1.29, 1.82) is 0 Å². The van der Waals surface area contributed by atoms with Gasteiger partial charge in [0.25, 0.3) is 11.6 Å². The predicted octanol–water partition coefficient (Wildman–Crippen LogP) is 4.87. The van der Waals surface area contributed by atoms with Crippen molar-refractivity contribution < 1.29 is 9.72 Å². The van der Waals surface area contributed by atoms with Crippen molar-refractivity contribution in [3.63, 3.8) is 0 Å². The van der Waals surface area contributed by atoms with Gasteiger partial charge in [-0.25, -0.2) is 0 Å². The van der Waals surface area contributed by atoms with Crippen LogP contribution in [0.15, 0.2) is 65.6 Å². The van der Waals surface area contributed by atoms with Crippen molar-refractivity contribution in [3.8, 4) is 0 Å². The van der Waals surface area contributed by atoms with E-state index >= 15 is 0 Å². The summed E-state index contributed by atoms with van der Waals surface area (Å²) in [5, 5.41) is 10.7. The van der Waals surface area contributed by atoms with Crippen molar-refractivity contribution in [2.24, 2.45) is 0 Å². The SMILES string of the molecule is Cc1ccccc1N1C(=O)/C(=C/C=C/c2ccc([N+](=O)[O-])cc2)SC1=S. The molecular weight excluding hydrogens is 368 g/mol. The van der Waals surface area contributed by atoms with Crippen molar-refractivity contribution in [1.82, 2.24) is 0 Å². The molecule has 0 unspecified atom stereocenters. The molecule has 1 aliphatic heterocycles. The summed E-state index contributed by atoms with van der Waals surface area (Å²) in [6.07, 6.45) is 5.23. The molecule has 2 aromatic carbocycles. The standard InChI is InChI=1S/C19H14N2O3S2/c1-13-5-2-3-7-16(13)20-18(22)17(26-19(20)25)8-4-6-14-9-11-15(12-10-14)21(23)24/h2-12H,1H3/b6-4+,17-8-. The number of hydrogen-bond donors (Lipinski definition) is 0. The van der Waals surface area contributed by atoms with Gasteiger partial charge in [-0.1, -0.05) is 54.3 Å². The molecule has 26 heavy (non-hydrogen) atoms. The molecule has 1 aliphatic rings. The molecule has 0 saturated carbocycles. The van der Waals surface area contributed by atoms with Gasteiger partial charge in [0.1, 0.15) is 0 Å². The Bertz CT molecular complexity index is 950. The number of para-hydroxylation sites is 1. The van der Waals surface area contributed by atoms with Gasteiger partial charge in [-0.3, -0.25) is 19.8 Å². The van der Waals surface area contributed by atoms with E-state index < -0.39 is 4.92 Å². The van der Waals surface area contributed by atoms with Crippen LogP contribution in [-0.4, -0.2) is 15.2 Å². The summed E-state index contributed by atoms with van der Waals surface area (Å²) in [6, 6.07) is 13.8. The van der Waals surface area contributed by atoms with Gasteiger partial charge < -0.3 is 0 Å². The molecule has 0 bridgehead atoms. The zero-order valence-corrected chi connectivity index (χ0v) is 15.4. The van der Waals surface area contributed by atoms with Crippen LogP contribution in [0.3, 0.4) is 0 Å². The summed E-state index contributed by atoms with van der Waals surface area (Å²) in [4.78, 5) is 25.0. The van der Waals surface area contributed by atoms with Gasteiger partial charge in [-0.05, 0) is 42.3 Å². The minimum Gasteiger partial charge on any atom is -0.268 e. The number of allylic oxidation sites excluding steroid dienone is 2. The van der Waals surface area contributed by atoms with Crippen molar-refractivity contribution in [3.05, 3.63) is 86.8 Å². The number of non-ortho nitro benzene ring substituents is 1. The molecule has 0 atom stereocenters. The summed E-state index contributed by atoms with van der Waals surface area (Å²) in [5.74, 6) is -0.150. The van der Waals surface area contributed by atoms with E-state index in [9.17, 15) is 14.9 Å². The van der Waals surface area contributed by atoms with Crippen molar-refractivity contribution in [2.75, 3.05) is 4.90 Å². The van der Waals surface area contributed by atoms with Crippen molar-refractivity contribution >= 4 is 51.7 Å². The minimum absolute atomic E-state index is 0.0428. The molecule has 1 saturated heterocycles. The Labute approximate surface area is 160 Å². The number of thiocarbonyl (C=S) groups is 1. The van der Waals surface area contributed by atoms with Gasteiger partial charge in [0, 0.05) is 12.1 Å². The van der Waals surface area contributed by atoms with E-state index in [0.717, 1.165) is 16.8 Å². The first-order valence-corrected chi connectivity index (χ1v) is 8.94. The van der Waals surface area contributed by atoms with Crippen LogP contribution >= 0.6 is 24.0 Å². The molecule has 1 amide bonds. The van der Waals surface area contributed by atoms with Gasteiger partial charge in [-0.2, -0.15) is 0 Å². The summed E-state index contributed by atoms with van der Waals surface area (Å²) in [7, 11) is 0. The van der Waals surface area contributed by atoms with Crippen LogP contribution in [0.1, 0.15) is 11.1 Å². The van der Waals surface area contributed by atoms with Crippen LogP contribution in [0, 0.1) is 17.0 Å². The van der Waals surface area contributed by atoms with Gasteiger partial charge >= 0.3 is 0 Å².